The molecule has 0 aromatic carbocycles. The molecule has 2 nitrogen and oxygen atoms in total. The van der Waals surface area contributed by atoms with Crippen molar-refractivity contribution in [1.29, 1.82) is 0 Å². The second-order valence-corrected chi connectivity index (χ2v) is 3.57. The van der Waals surface area contributed by atoms with Gasteiger partial charge in [0.2, 0.25) is 5.88 Å². The maximum absolute atomic E-state index is 5.43. The molecule has 0 bridgehead atoms. The number of aliphatic imine (C=N–C) groups is 1. The van der Waals surface area contributed by atoms with Crippen molar-refractivity contribution in [3.63, 3.8) is 0 Å². The highest BCUT2D eigenvalue weighted by Crippen LogP contribution is 2.10. The van der Waals surface area contributed by atoms with Crippen molar-refractivity contribution >= 4 is 6.21 Å². The second-order valence-electron chi connectivity index (χ2n) is 3.57. The number of rotatable bonds is 5. The summed E-state index contributed by atoms with van der Waals surface area (Å²) in [4.78, 5) is 4.00. The molecule has 0 N–H and O–H groups in total. The van der Waals surface area contributed by atoms with Crippen LogP contribution in [0.3, 0.4) is 0 Å². The summed E-state index contributed by atoms with van der Waals surface area (Å²) in [6, 6.07) is 0. The molecule has 0 saturated heterocycles. The smallest absolute Gasteiger partial charge is 0.205 e. The van der Waals surface area contributed by atoms with E-state index in [9.17, 15) is 0 Å². The highest BCUT2D eigenvalue weighted by atomic mass is 16.5. The Morgan fingerprint density at radius 1 is 1.31 bits per heavy atom. The van der Waals surface area contributed by atoms with Crippen LogP contribution in [0, 0.1) is 5.92 Å². The van der Waals surface area contributed by atoms with Gasteiger partial charge in [-0.3, -0.25) is 0 Å². The zero-order valence-corrected chi connectivity index (χ0v) is 9.00. The van der Waals surface area contributed by atoms with Gasteiger partial charge in [-0.2, -0.15) is 0 Å². The quantitative estimate of drug-likeness (QED) is 0.471. The van der Waals surface area contributed by atoms with Gasteiger partial charge >= 0.3 is 0 Å². The van der Waals surface area contributed by atoms with Gasteiger partial charge in [0.25, 0.3) is 0 Å². The molecule has 0 spiro atoms. The summed E-state index contributed by atoms with van der Waals surface area (Å²) in [6.07, 6.45) is 1.80. The van der Waals surface area contributed by atoms with Crippen LogP contribution >= 0.6 is 0 Å². The molecule has 0 aliphatic rings. The van der Waals surface area contributed by atoms with Crippen LogP contribution in [-0.4, -0.2) is 12.3 Å². The summed E-state index contributed by atoms with van der Waals surface area (Å²) in [5.41, 5.74) is 0.891. The first kappa shape index (κ1) is 11.9. The topological polar surface area (TPSA) is 21.6 Å². The summed E-state index contributed by atoms with van der Waals surface area (Å²) in [6.45, 7) is 15.5. The van der Waals surface area contributed by atoms with Crippen LogP contribution < -0.4 is 0 Å². The molecule has 0 rings (SSSR count). The van der Waals surface area contributed by atoms with Crippen molar-refractivity contribution in [2.24, 2.45) is 10.9 Å². The predicted molar refractivity (Wildman–Crippen MR) is 57.8 cm³/mol. The lowest BCUT2D eigenvalue weighted by atomic mass is 10.1. The van der Waals surface area contributed by atoms with Gasteiger partial charge in [0.15, 0.2) is 0 Å². The Bertz CT molecular complexity index is 216. The second kappa shape index (κ2) is 5.57. The van der Waals surface area contributed by atoms with Crippen LogP contribution in [-0.2, 0) is 4.74 Å². The van der Waals surface area contributed by atoms with Gasteiger partial charge in [-0.15, -0.1) is 0 Å². The Labute approximate surface area is 81.0 Å². The molecule has 0 amide bonds. The van der Waals surface area contributed by atoms with Crippen molar-refractivity contribution in [3.8, 4) is 0 Å². The highest BCUT2D eigenvalue weighted by molar-refractivity contribution is 5.77. The Morgan fingerprint density at radius 3 is 2.23 bits per heavy atom. The lowest BCUT2D eigenvalue weighted by molar-refractivity contribution is 0.0925. The zero-order chi connectivity index (χ0) is 10.4. The molecule has 0 aliphatic heterocycles. The summed E-state index contributed by atoms with van der Waals surface area (Å²) in [5, 5.41) is 0. The number of ether oxygens (including phenoxy) is 1. The number of allylic oxidation sites excluding steroid dienone is 1. The Hall–Kier alpha value is -1.05. The number of hydrogen-bond acceptors (Lipinski definition) is 2. The third kappa shape index (κ3) is 6.14. The average Bonchev–Trinajstić information content (AvgIpc) is 2.00. The summed E-state index contributed by atoms with van der Waals surface area (Å²) in [5.74, 6) is 0.918. The third-order valence-corrected chi connectivity index (χ3v) is 1.69. The van der Waals surface area contributed by atoms with E-state index in [1.807, 2.05) is 13.8 Å². The van der Waals surface area contributed by atoms with Crippen LogP contribution in [0.15, 0.2) is 29.6 Å². The van der Waals surface area contributed by atoms with Crippen molar-refractivity contribution in [1.82, 2.24) is 0 Å². The Balaban J connectivity index is 3.95. The molecule has 2 heteroatoms. The minimum atomic E-state index is 0.148. The molecule has 0 aromatic heterocycles. The lowest BCUT2D eigenvalue weighted by Crippen LogP contribution is -2.14. The van der Waals surface area contributed by atoms with Gasteiger partial charge in [-0.25, -0.2) is 4.99 Å². The first-order valence-electron chi connectivity index (χ1n) is 4.48. The summed E-state index contributed by atoms with van der Waals surface area (Å²) in [7, 11) is 0. The SMILES string of the molecule is C=C(C)/C=N\C(=C)O[C@@H](C)C(C)C. The third-order valence-electron chi connectivity index (χ3n) is 1.69. The normalized spacial score (nSPS) is 13.3. The monoisotopic (exact) mass is 181 g/mol. The average molecular weight is 181 g/mol. The van der Waals surface area contributed by atoms with E-state index >= 15 is 0 Å². The molecule has 0 saturated carbocycles. The molecule has 0 aromatic rings. The lowest BCUT2D eigenvalue weighted by Gasteiger charge is -2.16. The summed E-state index contributed by atoms with van der Waals surface area (Å²) < 4.78 is 5.43. The van der Waals surface area contributed by atoms with Crippen LogP contribution in [0.1, 0.15) is 27.7 Å². The maximum atomic E-state index is 5.43. The van der Waals surface area contributed by atoms with E-state index in [0.29, 0.717) is 11.8 Å². The first-order valence-corrected chi connectivity index (χ1v) is 4.48. The number of nitrogens with zero attached hydrogens (tertiary/aromatic N) is 1. The first-order chi connectivity index (χ1) is 5.93. The molecular weight excluding hydrogens is 162 g/mol. The van der Waals surface area contributed by atoms with Gasteiger partial charge in [-0.1, -0.05) is 20.4 Å². The van der Waals surface area contributed by atoms with Gasteiger partial charge in [0.1, 0.15) is 0 Å². The Kier molecular flexibility index (Phi) is 5.12. The van der Waals surface area contributed by atoms with Gasteiger partial charge in [0.05, 0.1) is 6.10 Å². The molecule has 0 radical (unpaired) electrons. The fourth-order valence-electron chi connectivity index (χ4n) is 0.563. The van der Waals surface area contributed by atoms with E-state index in [2.05, 4.69) is 32.0 Å². The van der Waals surface area contributed by atoms with Crippen molar-refractivity contribution in [2.45, 2.75) is 33.8 Å². The predicted octanol–water partition coefficient (Wildman–Crippen LogP) is 3.17. The van der Waals surface area contributed by atoms with Gasteiger partial charge in [0, 0.05) is 6.21 Å². The van der Waals surface area contributed by atoms with E-state index in [4.69, 9.17) is 4.74 Å². The number of hydrogen-bond donors (Lipinski definition) is 0. The largest absolute Gasteiger partial charge is 0.475 e. The highest BCUT2D eigenvalue weighted by Gasteiger charge is 2.07. The molecule has 0 fully saturated rings. The Morgan fingerprint density at radius 2 is 1.85 bits per heavy atom. The molecule has 1 atom stereocenters. The standard InChI is InChI=1S/C11H19NO/c1-8(2)7-12-11(6)13-10(5)9(3)4/h7,9-10H,1,6H2,2-5H3/b12-7-/t10-/m0/s1. The van der Waals surface area contributed by atoms with E-state index in [0.717, 1.165) is 5.57 Å². The van der Waals surface area contributed by atoms with Gasteiger partial charge < -0.3 is 4.74 Å². The molecule has 0 heterocycles. The van der Waals surface area contributed by atoms with Crippen molar-refractivity contribution in [2.75, 3.05) is 0 Å². The molecule has 13 heavy (non-hydrogen) atoms. The van der Waals surface area contributed by atoms with Crippen LogP contribution in [0.5, 0.6) is 0 Å². The maximum Gasteiger partial charge on any atom is 0.205 e. The fraction of sp³-hybridized carbons (Fsp3) is 0.545. The minimum Gasteiger partial charge on any atom is -0.475 e. The van der Waals surface area contributed by atoms with E-state index < -0.39 is 0 Å². The summed E-state index contributed by atoms with van der Waals surface area (Å²) >= 11 is 0. The zero-order valence-electron chi connectivity index (χ0n) is 9.00. The molecule has 74 valence electrons. The van der Waals surface area contributed by atoms with E-state index in [1.54, 1.807) is 6.21 Å². The molecular formula is C11H19NO. The van der Waals surface area contributed by atoms with E-state index in [-0.39, 0.29) is 6.10 Å². The van der Waals surface area contributed by atoms with Crippen LogP contribution in [0.25, 0.3) is 0 Å². The van der Waals surface area contributed by atoms with Crippen molar-refractivity contribution in [3.05, 3.63) is 24.6 Å². The van der Waals surface area contributed by atoms with Crippen LogP contribution in [0.2, 0.25) is 0 Å². The van der Waals surface area contributed by atoms with Crippen LogP contribution in [0.4, 0.5) is 0 Å². The van der Waals surface area contributed by atoms with E-state index in [1.165, 1.54) is 0 Å². The minimum absolute atomic E-state index is 0.148. The fourth-order valence-corrected chi connectivity index (χ4v) is 0.563. The van der Waals surface area contributed by atoms with Gasteiger partial charge in [-0.05, 0) is 31.9 Å². The van der Waals surface area contributed by atoms with Crippen molar-refractivity contribution < 1.29 is 4.74 Å². The molecule has 0 aliphatic carbocycles. The molecule has 0 unspecified atom stereocenters.